The van der Waals surface area contributed by atoms with Crippen molar-refractivity contribution in [3.05, 3.63) is 110 Å². The maximum absolute atomic E-state index is 14.5. The molecular formula is C29H18ClFN4O4S2. The molecule has 0 N–H and O–H groups in total. The van der Waals surface area contributed by atoms with Gasteiger partial charge in [0.05, 0.1) is 16.6 Å². The number of anilines is 2. The normalized spacial score (nSPS) is 17.6. The molecule has 5 aromatic rings. The van der Waals surface area contributed by atoms with Crippen molar-refractivity contribution in [1.29, 1.82) is 0 Å². The van der Waals surface area contributed by atoms with Crippen LogP contribution >= 0.6 is 34.7 Å². The Hall–Kier alpha value is -4.06. The van der Waals surface area contributed by atoms with Crippen molar-refractivity contribution < 1.29 is 18.4 Å². The van der Waals surface area contributed by atoms with Gasteiger partial charge in [-0.15, -0.1) is 10.2 Å². The van der Waals surface area contributed by atoms with Crippen LogP contribution in [0.2, 0.25) is 5.02 Å². The Morgan fingerprint density at radius 3 is 2.61 bits per heavy atom. The summed E-state index contributed by atoms with van der Waals surface area (Å²) in [6, 6.07) is 17.8. The topological polar surface area (TPSA) is 96.6 Å². The molecule has 2 aromatic heterocycles. The lowest BCUT2D eigenvalue weighted by atomic mass is 9.84. The largest absolute Gasteiger partial charge is 0.450 e. The number of fused-ring (bicyclic) bond motifs is 5. The number of amides is 2. The van der Waals surface area contributed by atoms with Gasteiger partial charge in [-0.05, 0) is 48.9 Å². The van der Waals surface area contributed by atoms with Crippen LogP contribution in [0.1, 0.15) is 34.2 Å². The van der Waals surface area contributed by atoms with E-state index in [1.807, 2.05) is 6.92 Å². The minimum absolute atomic E-state index is 0.0682. The van der Waals surface area contributed by atoms with E-state index in [0.29, 0.717) is 32.9 Å². The van der Waals surface area contributed by atoms with Gasteiger partial charge in [0.25, 0.3) is 11.8 Å². The van der Waals surface area contributed by atoms with E-state index >= 15 is 0 Å². The fourth-order valence-corrected chi connectivity index (χ4v) is 7.55. The molecule has 3 aromatic carbocycles. The monoisotopic (exact) mass is 604 g/mol. The number of carbonyl (C=O) groups is 2. The predicted octanol–water partition coefficient (Wildman–Crippen LogP) is 6.00. The van der Waals surface area contributed by atoms with Crippen molar-refractivity contribution in [2.45, 2.75) is 22.6 Å². The molecule has 0 aliphatic carbocycles. The molecular weight excluding hydrogens is 587 g/mol. The van der Waals surface area contributed by atoms with Gasteiger partial charge in [0, 0.05) is 22.9 Å². The smallest absolute Gasteiger partial charge is 0.297 e. The van der Waals surface area contributed by atoms with Crippen LogP contribution in [0, 0.1) is 5.82 Å². The molecule has 0 fully saturated rings. The van der Waals surface area contributed by atoms with E-state index in [0.717, 1.165) is 16.9 Å². The summed E-state index contributed by atoms with van der Waals surface area (Å²) in [6.45, 7) is 2.14. The number of halogens is 2. The number of hydrogen-bond donors (Lipinski definition) is 0. The average Bonchev–Trinajstić information content (AvgIpc) is 3.61. The van der Waals surface area contributed by atoms with Gasteiger partial charge in [0.1, 0.15) is 11.4 Å². The first-order valence-electron chi connectivity index (χ1n) is 12.6. The zero-order valence-electron chi connectivity index (χ0n) is 21.3. The Morgan fingerprint density at radius 2 is 1.83 bits per heavy atom. The summed E-state index contributed by atoms with van der Waals surface area (Å²) >= 11 is 8.70. The van der Waals surface area contributed by atoms with Crippen LogP contribution in [-0.4, -0.2) is 28.6 Å². The summed E-state index contributed by atoms with van der Waals surface area (Å²) in [7, 11) is 0. The van der Waals surface area contributed by atoms with Crippen LogP contribution in [0.4, 0.5) is 15.2 Å². The maximum Gasteiger partial charge on any atom is 0.297 e. The van der Waals surface area contributed by atoms with Gasteiger partial charge in [0.15, 0.2) is 15.3 Å². The Balaban J connectivity index is 1.43. The standard InChI is InChI=1S/C29H18ClFN4O4S2/c1-2-34-20-6-4-3-5-19(20)29(26(34)38)22-23(36)18-13-16(30)9-12-21(18)39-24(22)25(37)35(29)27-32-33-28(41-27)40-14-15-7-10-17(31)11-8-15/h3-13H,2,14H2,1H3. The van der Waals surface area contributed by atoms with Gasteiger partial charge in [0.2, 0.25) is 10.9 Å². The van der Waals surface area contributed by atoms with Gasteiger partial charge >= 0.3 is 0 Å². The molecule has 0 radical (unpaired) electrons. The highest BCUT2D eigenvalue weighted by molar-refractivity contribution is 8.00. The summed E-state index contributed by atoms with van der Waals surface area (Å²) < 4.78 is 19.9. The highest BCUT2D eigenvalue weighted by Crippen LogP contribution is 2.54. The molecule has 2 amide bonds. The van der Waals surface area contributed by atoms with Crippen molar-refractivity contribution >= 4 is 68.3 Å². The van der Waals surface area contributed by atoms with Gasteiger partial charge in [-0.25, -0.2) is 4.39 Å². The number of para-hydroxylation sites is 1. The summed E-state index contributed by atoms with van der Waals surface area (Å²) in [6.07, 6.45) is 0. The zero-order chi connectivity index (χ0) is 28.5. The minimum atomic E-state index is -1.84. The van der Waals surface area contributed by atoms with E-state index in [2.05, 4.69) is 10.2 Å². The maximum atomic E-state index is 14.5. The molecule has 1 unspecified atom stereocenters. The molecule has 0 saturated heterocycles. The van der Waals surface area contributed by atoms with E-state index in [1.165, 1.54) is 40.9 Å². The predicted molar refractivity (Wildman–Crippen MR) is 155 cm³/mol. The summed E-state index contributed by atoms with van der Waals surface area (Å²) in [5.74, 6) is -1.18. The second-order valence-electron chi connectivity index (χ2n) is 9.46. The molecule has 12 heteroatoms. The third-order valence-corrected chi connectivity index (χ3v) is 9.61. The highest BCUT2D eigenvalue weighted by Gasteiger charge is 2.66. The lowest BCUT2D eigenvalue weighted by molar-refractivity contribution is -0.121. The first kappa shape index (κ1) is 25.9. The number of benzene rings is 3. The Bertz CT molecular complexity index is 1960. The van der Waals surface area contributed by atoms with Crippen LogP contribution in [0.15, 0.2) is 80.3 Å². The fourth-order valence-electron chi connectivity index (χ4n) is 5.53. The van der Waals surface area contributed by atoms with Gasteiger partial charge in [-0.2, -0.15) is 0 Å². The molecule has 1 atom stereocenters. The lowest BCUT2D eigenvalue weighted by Gasteiger charge is -2.31. The van der Waals surface area contributed by atoms with Gasteiger partial charge in [-0.3, -0.25) is 19.3 Å². The van der Waals surface area contributed by atoms with E-state index in [4.69, 9.17) is 16.0 Å². The number of likely N-dealkylation sites (N-methyl/N-ethyl adjacent to an activating group) is 1. The summed E-state index contributed by atoms with van der Waals surface area (Å²) in [5, 5.41) is 9.20. The van der Waals surface area contributed by atoms with Crippen molar-refractivity contribution in [2.24, 2.45) is 0 Å². The lowest BCUT2D eigenvalue weighted by Crippen LogP contribution is -2.53. The minimum Gasteiger partial charge on any atom is -0.450 e. The molecule has 1 spiro atoms. The molecule has 0 bridgehead atoms. The molecule has 2 aliphatic rings. The third-order valence-electron chi connectivity index (χ3n) is 7.27. The SMILES string of the molecule is CCN1C(=O)C2(c3ccccc31)c1c(oc3ccc(Cl)cc3c1=O)C(=O)N2c1nnc(SCc2ccc(F)cc2)s1. The summed E-state index contributed by atoms with van der Waals surface area (Å²) in [5.41, 5.74) is -0.294. The number of nitrogens with zero attached hydrogens (tertiary/aromatic N) is 4. The molecule has 0 saturated carbocycles. The average molecular weight is 605 g/mol. The number of carbonyl (C=O) groups excluding carboxylic acids is 2. The van der Waals surface area contributed by atoms with Crippen LogP contribution in [-0.2, 0) is 16.1 Å². The summed E-state index contributed by atoms with van der Waals surface area (Å²) in [4.78, 5) is 45.6. The number of rotatable bonds is 5. The number of thioether (sulfide) groups is 1. The van der Waals surface area contributed by atoms with E-state index in [1.54, 1.807) is 47.4 Å². The van der Waals surface area contributed by atoms with Gasteiger partial charge < -0.3 is 9.32 Å². The molecule has 204 valence electrons. The fraction of sp³-hybridized carbons (Fsp3) is 0.138. The zero-order valence-corrected chi connectivity index (χ0v) is 23.6. The molecule has 2 aliphatic heterocycles. The molecule has 41 heavy (non-hydrogen) atoms. The van der Waals surface area contributed by atoms with Crippen molar-refractivity contribution in [3.8, 4) is 0 Å². The van der Waals surface area contributed by atoms with Crippen molar-refractivity contribution in [2.75, 3.05) is 16.3 Å². The molecule has 7 rings (SSSR count). The molecule has 8 nitrogen and oxygen atoms in total. The highest BCUT2D eigenvalue weighted by atomic mass is 35.5. The van der Waals surface area contributed by atoms with Crippen LogP contribution in [0.25, 0.3) is 11.0 Å². The van der Waals surface area contributed by atoms with E-state index < -0.39 is 22.8 Å². The Labute approximate surface area is 245 Å². The quantitative estimate of drug-likeness (QED) is 0.179. The first-order valence-corrected chi connectivity index (χ1v) is 14.8. The Morgan fingerprint density at radius 1 is 1.05 bits per heavy atom. The van der Waals surface area contributed by atoms with E-state index in [9.17, 15) is 18.8 Å². The van der Waals surface area contributed by atoms with E-state index in [-0.39, 0.29) is 33.2 Å². The third kappa shape index (κ3) is 3.69. The van der Waals surface area contributed by atoms with Crippen LogP contribution in [0.3, 0.4) is 0 Å². The first-order chi connectivity index (χ1) is 19.8. The Kier molecular flexibility index (Phi) is 6.00. The van der Waals surface area contributed by atoms with Gasteiger partial charge in [-0.1, -0.05) is 65.0 Å². The molecule has 4 heterocycles. The second kappa shape index (κ2) is 9.51. The van der Waals surface area contributed by atoms with Crippen LogP contribution in [0.5, 0.6) is 0 Å². The van der Waals surface area contributed by atoms with Crippen LogP contribution < -0.4 is 15.2 Å². The number of aromatic nitrogens is 2. The second-order valence-corrected chi connectivity index (χ2v) is 12.1. The van der Waals surface area contributed by atoms with Crippen molar-refractivity contribution in [1.82, 2.24) is 10.2 Å². The number of hydrogen-bond acceptors (Lipinski definition) is 8. The van der Waals surface area contributed by atoms with Crippen molar-refractivity contribution in [3.63, 3.8) is 0 Å².